The average Bonchev–Trinajstić information content (AvgIpc) is 2.47. The molecule has 0 bridgehead atoms. The van der Waals surface area contributed by atoms with Crippen molar-refractivity contribution in [1.82, 2.24) is 5.32 Å². The van der Waals surface area contributed by atoms with Crippen molar-refractivity contribution in [3.63, 3.8) is 0 Å². The van der Waals surface area contributed by atoms with Crippen LogP contribution in [0.5, 0.6) is 0 Å². The van der Waals surface area contributed by atoms with Crippen LogP contribution in [0.15, 0.2) is 24.3 Å². The highest BCUT2D eigenvalue weighted by atomic mass is 19.4. The van der Waals surface area contributed by atoms with Crippen molar-refractivity contribution in [2.75, 3.05) is 6.54 Å². The topological polar surface area (TPSA) is 55.1 Å². The van der Waals surface area contributed by atoms with Crippen molar-refractivity contribution in [1.29, 1.82) is 0 Å². The van der Waals surface area contributed by atoms with Crippen LogP contribution in [0.4, 0.5) is 13.2 Å². The fraction of sp³-hybridized carbons (Fsp3) is 0.533. The van der Waals surface area contributed by atoms with Gasteiger partial charge in [-0.25, -0.2) is 0 Å². The van der Waals surface area contributed by atoms with Gasteiger partial charge in [-0.2, -0.15) is 13.2 Å². The smallest absolute Gasteiger partial charge is 0.349 e. The maximum Gasteiger partial charge on any atom is 0.416 e. The Morgan fingerprint density at radius 3 is 2.67 bits per heavy atom. The predicted molar refractivity (Wildman–Crippen MR) is 73.7 cm³/mol. The zero-order valence-corrected chi connectivity index (χ0v) is 11.6. The minimum Gasteiger partial charge on any atom is -0.349 e. The first-order valence-electron chi connectivity index (χ1n) is 7.10. The Labute approximate surface area is 121 Å². The normalized spacial score (nSPS) is 22.9. The molecule has 0 heterocycles. The van der Waals surface area contributed by atoms with Crippen molar-refractivity contribution in [2.24, 2.45) is 11.7 Å². The first kappa shape index (κ1) is 15.8. The highest BCUT2D eigenvalue weighted by Gasteiger charge is 2.31. The molecule has 2 unspecified atom stereocenters. The van der Waals surface area contributed by atoms with Crippen LogP contribution in [0.25, 0.3) is 0 Å². The van der Waals surface area contributed by atoms with Crippen LogP contribution in [0.2, 0.25) is 0 Å². The van der Waals surface area contributed by atoms with Gasteiger partial charge in [-0.05, 0) is 43.5 Å². The first-order chi connectivity index (χ1) is 9.91. The van der Waals surface area contributed by atoms with Gasteiger partial charge in [-0.3, -0.25) is 4.79 Å². The van der Waals surface area contributed by atoms with E-state index in [0.29, 0.717) is 6.54 Å². The summed E-state index contributed by atoms with van der Waals surface area (Å²) in [7, 11) is 0. The summed E-state index contributed by atoms with van der Waals surface area (Å²) < 4.78 is 38.0. The summed E-state index contributed by atoms with van der Waals surface area (Å²) in [6, 6.07) is 4.44. The molecule has 0 aliphatic heterocycles. The second-order valence-corrected chi connectivity index (χ2v) is 5.44. The summed E-state index contributed by atoms with van der Waals surface area (Å²) in [5.74, 6) is -0.264. The number of hydrogen-bond donors (Lipinski definition) is 2. The quantitative estimate of drug-likeness (QED) is 0.901. The number of nitrogens with one attached hydrogen (secondary N) is 1. The number of benzene rings is 1. The van der Waals surface area contributed by atoms with Crippen molar-refractivity contribution < 1.29 is 18.0 Å². The number of halogens is 3. The monoisotopic (exact) mass is 300 g/mol. The molecular weight excluding hydrogens is 281 g/mol. The van der Waals surface area contributed by atoms with Gasteiger partial charge in [0.15, 0.2) is 0 Å². The number of rotatable bonds is 3. The van der Waals surface area contributed by atoms with Gasteiger partial charge in [0.25, 0.3) is 5.91 Å². The Bertz CT molecular complexity index is 502. The summed E-state index contributed by atoms with van der Waals surface area (Å²) in [5.41, 5.74) is 4.91. The summed E-state index contributed by atoms with van der Waals surface area (Å²) in [4.78, 5) is 12.1. The lowest BCUT2D eigenvalue weighted by molar-refractivity contribution is -0.137. The standard InChI is InChI=1S/C15H19F3N2O/c16-15(17,18)12-6-3-5-10(8-12)14(21)20-13-7-2-1-4-11(13)9-19/h3,5-6,8,11,13H,1-2,4,7,9,19H2,(H,20,21). The molecule has 1 fully saturated rings. The molecule has 3 N–H and O–H groups in total. The van der Waals surface area contributed by atoms with Crippen molar-refractivity contribution in [3.8, 4) is 0 Å². The molecule has 1 aromatic rings. The van der Waals surface area contributed by atoms with E-state index in [9.17, 15) is 18.0 Å². The molecule has 6 heteroatoms. The fourth-order valence-electron chi connectivity index (χ4n) is 2.77. The van der Waals surface area contributed by atoms with Crippen molar-refractivity contribution >= 4 is 5.91 Å². The van der Waals surface area contributed by atoms with Crippen LogP contribution >= 0.6 is 0 Å². The SMILES string of the molecule is NCC1CCCCC1NC(=O)c1cccc(C(F)(F)F)c1. The minimum atomic E-state index is -4.44. The van der Waals surface area contributed by atoms with Gasteiger partial charge >= 0.3 is 6.18 Å². The Kier molecular flexibility index (Phi) is 4.88. The minimum absolute atomic E-state index is 0.0335. The lowest BCUT2D eigenvalue weighted by atomic mass is 9.84. The molecule has 3 nitrogen and oxygen atoms in total. The van der Waals surface area contributed by atoms with Crippen LogP contribution in [-0.4, -0.2) is 18.5 Å². The average molecular weight is 300 g/mol. The number of hydrogen-bond acceptors (Lipinski definition) is 2. The summed E-state index contributed by atoms with van der Waals surface area (Å²) in [5, 5.41) is 2.83. The van der Waals surface area contributed by atoms with Crippen LogP contribution in [0.1, 0.15) is 41.6 Å². The summed E-state index contributed by atoms with van der Waals surface area (Å²) >= 11 is 0. The zero-order valence-electron chi connectivity index (χ0n) is 11.6. The van der Waals surface area contributed by atoms with E-state index in [4.69, 9.17) is 5.73 Å². The molecule has 21 heavy (non-hydrogen) atoms. The molecule has 0 saturated heterocycles. The summed E-state index contributed by atoms with van der Waals surface area (Å²) in [6.07, 6.45) is -0.584. The second-order valence-electron chi connectivity index (χ2n) is 5.44. The van der Waals surface area contributed by atoms with Gasteiger partial charge < -0.3 is 11.1 Å². The van der Waals surface area contributed by atoms with E-state index in [1.165, 1.54) is 12.1 Å². The highest BCUT2D eigenvalue weighted by molar-refractivity contribution is 5.94. The van der Waals surface area contributed by atoms with E-state index in [1.54, 1.807) is 0 Å². The summed E-state index contributed by atoms with van der Waals surface area (Å²) in [6.45, 7) is 0.480. The number of amides is 1. The number of carbonyl (C=O) groups excluding carboxylic acids is 1. The Balaban J connectivity index is 2.09. The molecule has 0 spiro atoms. The molecule has 0 aromatic heterocycles. The fourth-order valence-corrected chi connectivity index (χ4v) is 2.77. The molecule has 2 atom stereocenters. The van der Waals surface area contributed by atoms with E-state index in [2.05, 4.69) is 5.32 Å². The van der Waals surface area contributed by atoms with E-state index >= 15 is 0 Å². The van der Waals surface area contributed by atoms with E-state index in [1.807, 2.05) is 0 Å². The molecule has 1 saturated carbocycles. The van der Waals surface area contributed by atoms with Crippen LogP contribution in [-0.2, 0) is 6.18 Å². The Morgan fingerprint density at radius 2 is 2.00 bits per heavy atom. The number of alkyl halides is 3. The molecule has 1 aliphatic rings. The van der Waals surface area contributed by atoms with Crippen LogP contribution in [0, 0.1) is 5.92 Å². The molecule has 1 aliphatic carbocycles. The van der Waals surface area contributed by atoms with Gasteiger partial charge in [0.2, 0.25) is 0 Å². The third-order valence-corrected chi connectivity index (χ3v) is 3.98. The van der Waals surface area contributed by atoms with Crippen molar-refractivity contribution in [3.05, 3.63) is 35.4 Å². The molecule has 1 amide bonds. The van der Waals surface area contributed by atoms with E-state index in [0.717, 1.165) is 37.8 Å². The Morgan fingerprint density at radius 1 is 1.29 bits per heavy atom. The third-order valence-electron chi connectivity index (χ3n) is 3.98. The van der Waals surface area contributed by atoms with E-state index in [-0.39, 0.29) is 17.5 Å². The lowest BCUT2D eigenvalue weighted by Gasteiger charge is -2.31. The molecule has 116 valence electrons. The molecule has 0 radical (unpaired) electrons. The first-order valence-corrected chi connectivity index (χ1v) is 7.10. The Hall–Kier alpha value is -1.56. The van der Waals surface area contributed by atoms with Crippen molar-refractivity contribution in [2.45, 2.75) is 37.9 Å². The third kappa shape index (κ3) is 3.97. The predicted octanol–water partition coefficient (Wildman–Crippen LogP) is 2.95. The number of carbonyl (C=O) groups is 1. The molecule has 2 rings (SSSR count). The maximum absolute atomic E-state index is 12.7. The van der Waals surface area contributed by atoms with Gasteiger partial charge in [-0.1, -0.05) is 18.9 Å². The van der Waals surface area contributed by atoms with Crippen LogP contribution in [0.3, 0.4) is 0 Å². The van der Waals surface area contributed by atoms with Crippen LogP contribution < -0.4 is 11.1 Å². The maximum atomic E-state index is 12.7. The van der Waals surface area contributed by atoms with Gasteiger partial charge in [0.05, 0.1) is 5.56 Å². The molecule has 1 aromatic carbocycles. The second kappa shape index (κ2) is 6.47. The van der Waals surface area contributed by atoms with Gasteiger partial charge in [-0.15, -0.1) is 0 Å². The highest BCUT2D eigenvalue weighted by Crippen LogP contribution is 2.30. The number of nitrogens with two attached hydrogens (primary N) is 1. The lowest BCUT2D eigenvalue weighted by Crippen LogP contribution is -2.44. The van der Waals surface area contributed by atoms with E-state index < -0.39 is 17.6 Å². The molecular formula is C15H19F3N2O. The largest absolute Gasteiger partial charge is 0.416 e. The van der Waals surface area contributed by atoms with Gasteiger partial charge in [0.1, 0.15) is 0 Å². The zero-order chi connectivity index (χ0) is 15.5. The van der Waals surface area contributed by atoms with Gasteiger partial charge in [0, 0.05) is 11.6 Å².